The van der Waals surface area contributed by atoms with Gasteiger partial charge in [-0.1, -0.05) is 48.2 Å². The predicted octanol–water partition coefficient (Wildman–Crippen LogP) is 4.17. The van der Waals surface area contributed by atoms with E-state index in [2.05, 4.69) is 49.4 Å². The summed E-state index contributed by atoms with van der Waals surface area (Å²) in [5.41, 5.74) is 8.50. The van der Waals surface area contributed by atoms with Crippen molar-refractivity contribution in [2.75, 3.05) is 0 Å². The lowest BCUT2D eigenvalue weighted by molar-refractivity contribution is 0.797. The Morgan fingerprint density at radius 1 is 0.941 bits per heavy atom. The molecule has 1 nitrogen and oxygen atoms in total. The molecule has 0 saturated heterocycles. The van der Waals surface area contributed by atoms with Crippen molar-refractivity contribution in [2.45, 2.75) is 29.7 Å². The van der Waals surface area contributed by atoms with Crippen molar-refractivity contribution in [1.29, 1.82) is 0 Å². The number of nitrogens with two attached hydrogens (primary N) is 1. The SMILES string of the molecule is Cc1ccccc1Sc1ccccc1[C@H](C)N. The van der Waals surface area contributed by atoms with Gasteiger partial charge in [-0.2, -0.15) is 0 Å². The van der Waals surface area contributed by atoms with E-state index in [9.17, 15) is 0 Å². The molecular formula is C15H17NS. The van der Waals surface area contributed by atoms with Gasteiger partial charge in [0.15, 0.2) is 0 Å². The maximum atomic E-state index is 5.99. The summed E-state index contributed by atoms with van der Waals surface area (Å²) in [6, 6.07) is 16.8. The Kier molecular flexibility index (Phi) is 3.87. The average molecular weight is 243 g/mol. The summed E-state index contributed by atoms with van der Waals surface area (Å²) in [4.78, 5) is 2.54. The lowest BCUT2D eigenvalue weighted by Gasteiger charge is -2.13. The summed E-state index contributed by atoms with van der Waals surface area (Å²) in [5.74, 6) is 0. The molecule has 2 heteroatoms. The second-order valence-corrected chi connectivity index (χ2v) is 5.28. The third-order valence-electron chi connectivity index (χ3n) is 2.72. The number of rotatable bonds is 3. The van der Waals surface area contributed by atoms with Crippen LogP contribution < -0.4 is 5.73 Å². The standard InChI is InChI=1S/C15H17NS/c1-11-7-3-5-9-14(11)17-15-10-6-4-8-13(15)12(2)16/h3-10,12H,16H2,1-2H3/t12-/m0/s1. The molecule has 0 radical (unpaired) electrons. The minimum atomic E-state index is 0.0720. The van der Waals surface area contributed by atoms with Crippen molar-refractivity contribution in [2.24, 2.45) is 5.73 Å². The Balaban J connectivity index is 2.34. The minimum absolute atomic E-state index is 0.0720. The van der Waals surface area contributed by atoms with E-state index < -0.39 is 0 Å². The molecule has 88 valence electrons. The lowest BCUT2D eigenvalue weighted by atomic mass is 10.1. The Labute approximate surface area is 107 Å². The van der Waals surface area contributed by atoms with Crippen molar-refractivity contribution in [1.82, 2.24) is 0 Å². The topological polar surface area (TPSA) is 26.0 Å². The summed E-state index contributed by atoms with van der Waals surface area (Å²) in [6.07, 6.45) is 0. The average Bonchev–Trinajstić information content (AvgIpc) is 2.32. The normalized spacial score (nSPS) is 12.4. The number of hydrogen-bond acceptors (Lipinski definition) is 2. The van der Waals surface area contributed by atoms with Gasteiger partial charge in [0.25, 0.3) is 0 Å². The van der Waals surface area contributed by atoms with Crippen LogP contribution in [0.1, 0.15) is 24.1 Å². The zero-order valence-electron chi connectivity index (χ0n) is 10.2. The molecule has 0 aliphatic rings. The van der Waals surface area contributed by atoms with Crippen LogP contribution >= 0.6 is 11.8 Å². The first kappa shape index (κ1) is 12.2. The van der Waals surface area contributed by atoms with Gasteiger partial charge < -0.3 is 5.73 Å². The highest BCUT2D eigenvalue weighted by molar-refractivity contribution is 7.99. The minimum Gasteiger partial charge on any atom is -0.324 e. The van der Waals surface area contributed by atoms with Crippen LogP contribution in [0.4, 0.5) is 0 Å². The van der Waals surface area contributed by atoms with E-state index in [0.29, 0.717) is 0 Å². The van der Waals surface area contributed by atoms with Gasteiger partial charge in [0.05, 0.1) is 0 Å². The maximum absolute atomic E-state index is 5.99. The summed E-state index contributed by atoms with van der Waals surface area (Å²) in [6.45, 7) is 4.16. The van der Waals surface area contributed by atoms with Crippen molar-refractivity contribution in [3.63, 3.8) is 0 Å². The van der Waals surface area contributed by atoms with Crippen molar-refractivity contribution in [3.05, 3.63) is 59.7 Å². The van der Waals surface area contributed by atoms with Crippen molar-refractivity contribution < 1.29 is 0 Å². The molecular weight excluding hydrogens is 226 g/mol. The molecule has 2 aromatic carbocycles. The summed E-state index contributed by atoms with van der Waals surface area (Å²) >= 11 is 1.79. The molecule has 0 unspecified atom stereocenters. The van der Waals surface area contributed by atoms with Crippen LogP contribution in [-0.2, 0) is 0 Å². The molecule has 2 N–H and O–H groups in total. The largest absolute Gasteiger partial charge is 0.324 e. The monoisotopic (exact) mass is 243 g/mol. The Bertz CT molecular complexity index is 506. The van der Waals surface area contributed by atoms with Gasteiger partial charge in [-0.25, -0.2) is 0 Å². The number of hydrogen-bond donors (Lipinski definition) is 1. The van der Waals surface area contributed by atoms with Gasteiger partial charge >= 0.3 is 0 Å². The lowest BCUT2D eigenvalue weighted by Crippen LogP contribution is -2.06. The zero-order valence-corrected chi connectivity index (χ0v) is 11.0. The molecule has 2 rings (SSSR count). The Hall–Kier alpha value is -1.25. The van der Waals surface area contributed by atoms with Crippen LogP contribution in [0.15, 0.2) is 58.3 Å². The first-order chi connectivity index (χ1) is 8.18. The first-order valence-corrected chi connectivity index (χ1v) is 6.58. The third-order valence-corrected chi connectivity index (χ3v) is 3.99. The molecule has 0 bridgehead atoms. The van der Waals surface area contributed by atoms with Crippen LogP contribution in [0.25, 0.3) is 0 Å². The van der Waals surface area contributed by atoms with Crippen LogP contribution in [0.2, 0.25) is 0 Å². The molecule has 0 amide bonds. The quantitative estimate of drug-likeness (QED) is 0.875. The zero-order chi connectivity index (χ0) is 12.3. The van der Waals surface area contributed by atoms with Crippen LogP contribution in [-0.4, -0.2) is 0 Å². The van der Waals surface area contributed by atoms with Gasteiger partial charge in [-0.15, -0.1) is 0 Å². The maximum Gasteiger partial charge on any atom is 0.0277 e. The molecule has 0 aliphatic carbocycles. The van der Waals surface area contributed by atoms with Crippen LogP contribution in [0.3, 0.4) is 0 Å². The summed E-state index contributed by atoms with van der Waals surface area (Å²) < 4.78 is 0. The van der Waals surface area contributed by atoms with E-state index >= 15 is 0 Å². The molecule has 2 aromatic rings. The van der Waals surface area contributed by atoms with E-state index in [1.807, 2.05) is 13.0 Å². The molecule has 0 spiro atoms. The van der Waals surface area contributed by atoms with Crippen LogP contribution in [0.5, 0.6) is 0 Å². The Morgan fingerprint density at radius 2 is 1.53 bits per heavy atom. The number of benzene rings is 2. The van der Waals surface area contributed by atoms with Gasteiger partial charge in [-0.05, 0) is 37.1 Å². The van der Waals surface area contributed by atoms with Crippen molar-refractivity contribution in [3.8, 4) is 0 Å². The smallest absolute Gasteiger partial charge is 0.0277 e. The Morgan fingerprint density at radius 3 is 2.18 bits per heavy atom. The van der Waals surface area contributed by atoms with E-state index in [1.165, 1.54) is 20.9 Å². The summed E-state index contributed by atoms with van der Waals surface area (Å²) in [5, 5.41) is 0. The molecule has 0 saturated carbocycles. The van der Waals surface area contributed by atoms with E-state index in [1.54, 1.807) is 11.8 Å². The highest BCUT2D eigenvalue weighted by atomic mass is 32.2. The third kappa shape index (κ3) is 2.90. The molecule has 0 fully saturated rings. The van der Waals surface area contributed by atoms with E-state index in [4.69, 9.17) is 5.73 Å². The highest BCUT2D eigenvalue weighted by Gasteiger charge is 2.08. The van der Waals surface area contributed by atoms with Gasteiger partial charge in [0.2, 0.25) is 0 Å². The van der Waals surface area contributed by atoms with E-state index in [0.717, 1.165) is 0 Å². The van der Waals surface area contributed by atoms with Gasteiger partial charge in [-0.3, -0.25) is 0 Å². The fourth-order valence-electron chi connectivity index (χ4n) is 1.74. The molecule has 0 aliphatic heterocycles. The van der Waals surface area contributed by atoms with Gasteiger partial charge in [0.1, 0.15) is 0 Å². The fraction of sp³-hybridized carbons (Fsp3) is 0.200. The molecule has 0 aromatic heterocycles. The van der Waals surface area contributed by atoms with Gasteiger partial charge in [0, 0.05) is 15.8 Å². The van der Waals surface area contributed by atoms with E-state index in [-0.39, 0.29) is 6.04 Å². The second kappa shape index (κ2) is 5.39. The molecule has 17 heavy (non-hydrogen) atoms. The number of aryl methyl sites for hydroxylation is 1. The predicted molar refractivity (Wildman–Crippen MR) is 74.3 cm³/mol. The molecule has 1 atom stereocenters. The summed E-state index contributed by atoms with van der Waals surface area (Å²) in [7, 11) is 0. The first-order valence-electron chi connectivity index (χ1n) is 5.76. The van der Waals surface area contributed by atoms with Crippen LogP contribution in [0, 0.1) is 6.92 Å². The fourth-order valence-corrected chi connectivity index (χ4v) is 2.87. The van der Waals surface area contributed by atoms with Crippen molar-refractivity contribution >= 4 is 11.8 Å². The highest BCUT2D eigenvalue weighted by Crippen LogP contribution is 2.34. The second-order valence-electron chi connectivity index (χ2n) is 4.19. The molecule has 0 heterocycles.